The average Bonchev–Trinajstić information content (AvgIpc) is 2.95. The number of carbonyl (C=O) groups excluding carboxylic acids is 1. The number of hydrogen-bond donors (Lipinski definition) is 1. The Morgan fingerprint density at radius 1 is 1.29 bits per heavy atom. The summed E-state index contributed by atoms with van der Waals surface area (Å²) < 4.78 is 0. The van der Waals surface area contributed by atoms with E-state index in [1.807, 2.05) is 4.90 Å². The Bertz CT molecular complexity index is 289. The summed E-state index contributed by atoms with van der Waals surface area (Å²) in [7, 11) is 0. The molecule has 4 heteroatoms. The molecule has 0 aromatic heterocycles. The molecule has 0 atom stereocenters. The molecule has 0 aromatic carbocycles. The zero-order chi connectivity index (χ0) is 12.6. The van der Waals surface area contributed by atoms with Gasteiger partial charge in [-0.1, -0.05) is 0 Å². The van der Waals surface area contributed by atoms with E-state index in [4.69, 9.17) is 0 Å². The third-order valence-corrected chi connectivity index (χ3v) is 4.01. The van der Waals surface area contributed by atoms with Gasteiger partial charge >= 0.3 is 0 Å². The van der Waals surface area contributed by atoms with Gasteiger partial charge in [0.05, 0.1) is 12.2 Å². The third kappa shape index (κ3) is 2.47. The van der Waals surface area contributed by atoms with E-state index in [2.05, 4.69) is 37.9 Å². The van der Waals surface area contributed by atoms with Crippen molar-refractivity contribution in [2.75, 3.05) is 19.8 Å². The molecular weight excluding hydrogens is 214 g/mol. The van der Waals surface area contributed by atoms with Crippen molar-refractivity contribution < 1.29 is 4.79 Å². The van der Waals surface area contributed by atoms with Crippen molar-refractivity contribution in [3.05, 3.63) is 0 Å². The Hall–Kier alpha value is -0.610. The summed E-state index contributed by atoms with van der Waals surface area (Å²) >= 11 is 0. The van der Waals surface area contributed by atoms with Crippen LogP contribution in [0.4, 0.5) is 0 Å². The summed E-state index contributed by atoms with van der Waals surface area (Å²) in [6.07, 6.45) is 2.06. The van der Waals surface area contributed by atoms with Crippen molar-refractivity contribution in [1.29, 1.82) is 0 Å². The Morgan fingerprint density at radius 2 is 1.88 bits per heavy atom. The Labute approximate surface area is 104 Å². The van der Waals surface area contributed by atoms with E-state index in [0.717, 1.165) is 32.6 Å². The molecular formula is C13H25N3O. The van der Waals surface area contributed by atoms with Gasteiger partial charge in [-0.15, -0.1) is 0 Å². The molecule has 1 aliphatic heterocycles. The molecule has 4 nitrogen and oxygen atoms in total. The molecule has 1 saturated carbocycles. The van der Waals surface area contributed by atoms with Crippen LogP contribution in [0.1, 0.15) is 40.5 Å². The quantitative estimate of drug-likeness (QED) is 0.778. The van der Waals surface area contributed by atoms with Gasteiger partial charge in [0, 0.05) is 25.2 Å². The highest BCUT2D eigenvalue weighted by molar-refractivity contribution is 5.91. The molecule has 0 radical (unpaired) electrons. The maximum Gasteiger partial charge on any atom is 0.244 e. The van der Waals surface area contributed by atoms with E-state index < -0.39 is 0 Å². The van der Waals surface area contributed by atoms with E-state index in [9.17, 15) is 4.79 Å². The number of carbonyl (C=O) groups is 1. The summed E-state index contributed by atoms with van der Waals surface area (Å²) in [5, 5.41) is 3.35. The van der Waals surface area contributed by atoms with Crippen LogP contribution in [-0.2, 0) is 4.79 Å². The van der Waals surface area contributed by atoms with E-state index >= 15 is 0 Å². The van der Waals surface area contributed by atoms with Crippen molar-refractivity contribution in [3.8, 4) is 0 Å². The van der Waals surface area contributed by atoms with Gasteiger partial charge in [0.25, 0.3) is 0 Å². The van der Waals surface area contributed by atoms with Crippen LogP contribution in [0.25, 0.3) is 0 Å². The second kappa shape index (κ2) is 4.58. The van der Waals surface area contributed by atoms with Crippen molar-refractivity contribution in [1.82, 2.24) is 15.1 Å². The third-order valence-electron chi connectivity index (χ3n) is 4.01. The molecule has 1 aliphatic carbocycles. The lowest BCUT2D eigenvalue weighted by Crippen LogP contribution is -2.43. The SMILES string of the molecule is CC(C)N(CCN1CNC2(CC2)C1=O)C(C)C. The first kappa shape index (κ1) is 12.8. The fourth-order valence-electron chi connectivity index (χ4n) is 2.74. The standard InChI is InChI=1S/C13H25N3O/c1-10(2)16(11(3)4)8-7-15-9-14-13(5-6-13)12(15)17/h10-11,14H,5-9H2,1-4H3. The van der Waals surface area contributed by atoms with Crippen LogP contribution in [0, 0.1) is 0 Å². The molecule has 1 N–H and O–H groups in total. The van der Waals surface area contributed by atoms with E-state index in [-0.39, 0.29) is 5.54 Å². The van der Waals surface area contributed by atoms with Gasteiger partial charge in [-0.25, -0.2) is 0 Å². The van der Waals surface area contributed by atoms with Crippen molar-refractivity contribution in [3.63, 3.8) is 0 Å². The minimum atomic E-state index is -0.138. The maximum absolute atomic E-state index is 12.1. The highest BCUT2D eigenvalue weighted by Gasteiger charge is 2.55. The van der Waals surface area contributed by atoms with Crippen molar-refractivity contribution in [2.24, 2.45) is 0 Å². The predicted molar refractivity (Wildman–Crippen MR) is 68.7 cm³/mol. The summed E-state index contributed by atoms with van der Waals surface area (Å²) in [6.45, 7) is 11.4. The monoisotopic (exact) mass is 239 g/mol. The van der Waals surface area contributed by atoms with Gasteiger partial charge in [-0.3, -0.25) is 15.0 Å². The van der Waals surface area contributed by atoms with E-state index in [1.54, 1.807) is 0 Å². The van der Waals surface area contributed by atoms with Crippen molar-refractivity contribution >= 4 is 5.91 Å². The first-order valence-electron chi connectivity index (χ1n) is 6.76. The lowest BCUT2D eigenvalue weighted by atomic mass is 10.2. The molecule has 0 unspecified atom stereocenters. The molecule has 1 heterocycles. The minimum Gasteiger partial charge on any atom is -0.327 e. The Kier molecular flexibility index (Phi) is 3.46. The second-order valence-electron chi connectivity index (χ2n) is 5.91. The summed E-state index contributed by atoms with van der Waals surface area (Å²) in [5.41, 5.74) is -0.138. The number of nitrogens with zero attached hydrogens (tertiary/aromatic N) is 2. The van der Waals surface area contributed by atoms with Gasteiger partial charge in [0.2, 0.25) is 5.91 Å². The molecule has 1 amide bonds. The van der Waals surface area contributed by atoms with Gasteiger partial charge in [-0.05, 0) is 40.5 Å². The molecule has 1 saturated heterocycles. The molecule has 2 aliphatic rings. The van der Waals surface area contributed by atoms with Crippen LogP contribution in [-0.4, -0.2) is 53.1 Å². The highest BCUT2D eigenvalue weighted by atomic mass is 16.2. The lowest BCUT2D eigenvalue weighted by molar-refractivity contribution is -0.130. The topological polar surface area (TPSA) is 35.6 Å². The van der Waals surface area contributed by atoms with Crippen LogP contribution < -0.4 is 5.32 Å². The van der Waals surface area contributed by atoms with Crippen LogP contribution in [0.2, 0.25) is 0 Å². The largest absolute Gasteiger partial charge is 0.327 e. The van der Waals surface area contributed by atoms with Crippen LogP contribution >= 0.6 is 0 Å². The molecule has 1 spiro atoms. The van der Waals surface area contributed by atoms with Crippen LogP contribution in [0.15, 0.2) is 0 Å². The summed E-state index contributed by atoms with van der Waals surface area (Å²) in [5.74, 6) is 0.324. The summed E-state index contributed by atoms with van der Waals surface area (Å²) in [6, 6.07) is 1.08. The second-order valence-corrected chi connectivity index (χ2v) is 5.91. The number of nitrogens with one attached hydrogen (secondary N) is 1. The normalized spacial score (nSPS) is 22.5. The highest BCUT2D eigenvalue weighted by Crippen LogP contribution is 2.39. The fraction of sp³-hybridized carbons (Fsp3) is 0.923. The predicted octanol–water partition coefficient (Wildman–Crippen LogP) is 1.03. The van der Waals surface area contributed by atoms with Gasteiger partial charge in [0.15, 0.2) is 0 Å². The van der Waals surface area contributed by atoms with Crippen LogP contribution in [0.5, 0.6) is 0 Å². The molecule has 0 aromatic rings. The number of amides is 1. The molecule has 98 valence electrons. The Balaban J connectivity index is 1.84. The van der Waals surface area contributed by atoms with E-state index in [0.29, 0.717) is 18.0 Å². The average molecular weight is 239 g/mol. The zero-order valence-electron chi connectivity index (χ0n) is 11.5. The zero-order valence-corrected chi connectivity index (χ0v) is 11.5. The molecule has 2 rings (SSSR count). The first-order valence-corrected chi connectivity index (χ1v) is 6.76. The molecule has 2 fully saturated rings. The van der Waals surface area contributed by atoms with Crippen LogP contribution in [0.3, 0.4) is 0 Å². The lowest BCUT2D eigenvalue weighted by Gasteiger charge is -2.32. The van der Waals surface area contributed by atoms with Gasteiger partial charge < -0.3 is 4.90 Å². The molecule has 17 heavy (non-hydrogen) atoms. The van der Waals surface area contributed by atoms with Gasteiger partial charge in [-0.2, -0.15) is 0 Å². The number of hydrogen-bond acceptors (Lipinski definition) is 3. The first-order chi connectivity index (χ1) is 7.96. The Morgan fingerprint density at radius 3 is 2.29 bits per heavy atom. The minimum absolute atomic E-state index is 0.138. The van der Waals surface area contributed by atoms with Crippen molar-refractivity contribution in [2.45, 2.75) is 58.2 Å². The van der Waals surface area contributed by atoms with E-state index in [1.165, 1.54) is 0 Å². The number of rotatable bonds is 5. The van der Waals surface area contributed by atoms with Gasteiger partial charge in [0.1, 0.15) is 0 Å². The fourth-order valence-corrected chi connectivity index (χ4v) is 2.74. The smallest absolute Gasteiger partial charge is 0.244 e. The summed E-state index contributed by atoms with van der Waals surface area (Å²) in [4.78, 5) is 16.5. The maximum atomic E-state index is 12.1. The molecule has 0 bridgehead atoms.